The predicted molar refractivity (Wildman–Crippen MR) is 133 cm³/mol. The minimum absolute atomic E-state index is 0.0257. The molecule has 4 rings (SSSR count). The molecule has 8 heteroatoms. The molecule has 0 aliphatic heterocycles. The molecule has 1 heterocycles. The number of para-hydroxylation sites is 1. The third-order valence-corrected chi connectivity index (χ3v) is 5.08. The van der Waals surface area contributed by atoms with E-state index in [4.69, 9.17) is 9.47 Å². The number of amides is 1. The summed E-state index contributed by atoms with van der Waals surface area (Å²) in [6, 6.07) is 21.3. The Hall–Kier alpha value is -4.30. The number of aromatic nitrogens is 2. The molecule has 0 aliphatic rings. The molecular formula is C26H25N5O3. The molecule has 0 atom stereocenters. The van der Waals surface area contributed by atoms with Gasteiger partial charge < -0.3 is 14.8 Å². The molecule has 0 fully saturated rings. The lowest BCUT2D eigenvalue weighted by Crippen LogP contribution is -2.25. The van der Waals surface area contributed by atoms with Crippen LogP contribution in [0, 0.1) is 6.92 Å². The zero-order valence-corrected chi connectivity index (χ0v) is 19.2. The number of carbonyl (C=O) groups is 1. The van der Waals surface area contributed by atoms with Crippen molar-refractivity contribution in [3.8, 4) is 11.5 Å². The van der Waals surface area contributed by atoms with Gasteiger partial charge in [0.2, 0.25) is 0 Å². The standard InChI is InChI=1S/C26H25N5O3/c1-18-13-20(10-12-24(18)34-21-7-5-4-6-8-21)30-26-22-14-19(9-11-23(22)27-17-28-26)15-29-31(2)25(32)16-33-3/h4-15,17H,16H2,1-3H3,(H,27,28,30)/b29-15+. The summed E-state index contributed by atoms with van der Waals surface area (Å²) in [5, 5.41) is 9.65. The molecule has 1 amide bonds. The van der Waals surface area contributed by atoms with Gasteiger partial charge in [-0.05, 0) is 60.5 Å². The Kier molecular flexibility index (Phi) is 7.10. The van der Waals surface area contributed by atoms with Crippen molar-refractivity contribution >= 4 is 34.5 Å². The van der Waals surface area contributed by atoms with Crippen LogP contribution in [0.1, 0.15) is 11.1 Å². The Morgan fingerprint density at radius 3 is 2.68 bits per heavy atom. The average molecular weight is 456 g/mol. The van der Waals surface area contributed by atoms with Crippen molar-refractivity contribution in [1.82, 2.24) is 15.0 Å². The van der Waals surface area contributed by atoms with Gasteiger partial charge in [-0.1, -0.05) is 24.3 Å². The lowest BCUT2D eigenvalue weighted by Gasteiger charge is -2.13. The zero-order valence-electron chi connectivity index (χ0n) is 19.2. The first-order chi connectivity index (χ1) is 16.5. The van der Waals surface area contributed by atoms with Gasteiger partial charge in [0.05, 0.1) is 11.7 Å². The van der Waals surface area contributed by atoms with E-state index in [0.29, 0.717) is 5.82 Å². The minimum atomic E-state index is -0.236. The van der Waals surface area contributed by atoms with Gasteiger partial charge in [0, 0.05) is 25.2 Å². The fourth-order valence-corrected chi connectivity index (χ4v) is 3.28. The van der Waals surface area contributed by atoms with Crippen LogP contribution in [0.4, 0.5) is 11.5 Å². The number of hydrogen-bond donors (Lipinski definition) is 1. The van der Waals surface area contributed by atoms with E-state index in [9.17, 15) is 4.79 Å². The highest BCUT2D eigenvalue weighted by molar-refractivity contribution is 5.95. The summed E-state index contributed by atoms with van der Waals surface area (Å²) in [6.07, 6.45) is 3.14. The molecular weight excluding hydrogens is 430 g/mol. The maximum absolute atomic E-state index is 11.8. The van der Waals surface area contributed by atoms with Crippen molar-refractivity contribution in [1.29, 1.82) is 0 Å². The number of hydrazone groups is 1. The second-order valence-electron chi connectivity index (χ2n) is 7.61. The summed E-state index contributed by atoms with van der Waals surface area (Å²) in [6.45, 7) is 1.97. The van der Waals surface area contributed by atoms with Crippen LogP contribution in [0.15, 0.2) is 78.2 Å². The number of methoxy groups -OCH3 is 1. The molecule has 0 saturated carbocycles. The van der Waals surface area contributed by atoms with E-state index in [2.05, 4.69) is 20.4 Å². The normalized spacial score (nSPS) is 11.0. The van der Waals surface area contributed by atoms with E-state index in [-0.39, 0.29) is 12.5 Å². The summed E-state index contributed by atoms with van der Waals surface area (Å²) in [7, 11) is 3.06. The van der Waals surface area contributed by atoms with Crippen molar-refractivity contribution < 1.29 is 14.3 Å². The van der Waals surface area contributed by atoms with Gasteiger partial charge in [-0.15, -0.1) is 0 Å². The first kappa shape index (κ1) is 22.9. The van der Waals surface area contributed by atoms with Crippen LogP contribution >= 0.6 is 0 Å². The van der Waals surface area contributed by atoms with Crippen LogP contribution < -0.4 is 10.1 Å². The third kappa shape index (κ3) is 5.54. The number of rotatable bonds is 8. The number of likely N-dealkylation sites (N-methyl/N-ethyl adjacent to an activating group) is 1. The molecule has 172 valence electrons. The van der Waals surface area contributed by atoms with E-state index < -0.39 is 0 Å². The van der Waals surface area contributed by atoms with Crippen molar-refractivity contribution in [3.63, 3.8) is 0 Å². The molecule has 0 saturated heterocycles. The average Bonchev–Trinajstić information content (AvgIpc) is 2.85. The predicted octanol–water partition coefficient (Wildman–Crippen LogP) is 4.91. The maximum Gasteiger partial charge on any atom is 0.268 e. The summed E-state index contributed by atoms with van der Waals surface area (Å²) < 4.78 is 10.8. The summed E-state index contributed by atoms with van der Waals surface area (Å²) in [4.78, 5) is 20.6. The lowest BCUT2D eigenvalue weighted by atomic mass is 10.1. The molecule has 0 bridgehead atoms. The first-order valence-corrected chi connectivity index (χ1v) is 10.7. The highest BCUT2D eigenvalue weighted by Gasteiger charge is 2.09. The minimum Gasteiger partial charge on any atom is -0.457 e. The van der Waals surface area contributed by atoms with Crippen LogP contribution in [0.3, 0.4) is 0 Å². The summed E-state index contributed by atoms with van der Waals surface area (Å²) >= 11 is 0. The summed E-state index contributed by atoms with van der Waals surface area (Å²) in [5.41, 5.74) is 3.47. The Labute approximate surface area is 197 Å². The second kappa shape index (κ2) is 10.5. The first-order valence-electron chi connectivity index (χ1n) is 10.7. The van der Waals surface area contributed by atoms with E-state index in [1.54, 1.807) is 13.3 Å². The Morgan fingerprint density at radius 1 is 1.09 bits per heavy atom. The molecule has 1 aromatic heterocycles. The maximum atomic E-state index is 11.8. The number of hydrogen-bond acceptors (Lipinski definition) is 7. The number of fused-ring (bicyclic) bond motifs is 1. The highest BCUT2D eigenvalue weighted by Crippen LogP contribution is 2.29. The molecule has 1 N–H and O–H groups in total. The number of benzene rings is 3. The van der Waals surface area contributed by atoms with Gasteiger partial charge in [0.25, 0.3) is 5.91 Å². The Morgan fingerprint density at radius 2 is 1.91 bits per heavy atom. The fourth-order valence-electron chi connectivity index (χ4n) is 3.28. The Bertz CT molecular complexity index is 1320. The van der Waals surface area contributed by atoms with Crippen molar-refractivity contribution in [3.05, 3.63) is 84.2 Å². The Balaban J connectivity index is 1.55. The van der Waals surface area contributed by atoms with E-state index in [1.165, 1.54) is 18.4 Å². The largest absolute Gasteiger partial charge is 0.457 e. The molecule has 0 unspecified atom stereocenters. The molecule has 0 radical (unpaired) electrons. The van der Waals surface area contributed by atoms with Crippen LogP contribution in [0.5, 0.6) is 11.5 Å². The number of anilines is 2. The van der Waals surface area contributed by atoms with Gasteiger partial charge >= 0.3 is 0 Å². The number of nitrogens with one attached hydrogen (secondary N) is 1. The van der Waals surface area contributed by atoms with Crippen LogP contribution in [0.2, 0.25) is 0 Å². The number of aryl methyl sites for hydroxylation is 1. The SMILES string of the molecule is COCC(=O)N(C)/N=C/c1ccc2ncnc(Nc3ccc(Oc4ccccc4)c(C)c3)c2c1. The number of nitrogens with zero attached hydrogens (tertiary/aromatic N) is 4. The molecule has 34 heavy (non-hydrogen) atoms. The zero-order chi connectivity index (χ0) is 23.9. The van der Waals surface area contributed by atoms with Crippen molar-refractivity contribution in [2.75, 3.05) is 26.1 Å². The molecule has 0 aliphatic carbocycles. The van der Waals surface area contributed by atoms with Gasteiger partial charge in [-0.25, -0.2) is 15.0 Å². The molecule has 4 aromatic rings. The van der Waals surface area contributed by atoms with Gasteiger partial charge in [-0.2, -0.15) is 5.10 Å². The van der Waals surface area contributed by atoms with Crippen LogP contribution in [-0.2, 0) is 9.53 Å². The van der Waals surface area contributed by atoms with Gasteiger partial charge in [-0.3, -0.25) is 4.79 Å². The third-order valence-electron chi connectivity index (χ3n) is 5.08. The van der Waals surface area contributed by atoms with Crippen LogP contribution in [-0.4, -0.2) is 47.9 Å². The topological polar surface area (TPSA) is 88.9 Å². The number of carbonyl (C=O) groups excluding carboxylic acids is 1. The van der Waals surface area contributed by atoms with E-state index in [0.717, 1.165) is 39.2 Å². The van der Waals surface area contributed by atoms with Crippen molar-refractivity contribution in [2.24, 2.45) is 5.10 Å². The second-order valence-corrected chi connectivity index (χ2v) is 7.61. The van der Waals surface area contributed by atoms with Gasteiger partial charge in [0.15, 0.2) is 0 Å². The fraction of sp³-hybridized carbons (Fsp3) is 0.154. The number of ether oxygens (including phenoxy) is 2. The van der Waals surface area contributed by atoms with E-state index >= 15 is 0 Å². The smallest absolute Gasteiger partial charge is 0.268 e. The monoisotopic (exact) mass is 455 g/mol. The van der Waals surface area contributed by atoms with E-state index in [1.807, 2.05) is 73.7 Å². The quantitative estimate of drug-likeness (QED) is 0.300. The molecule has 0 spiro atoms. The van der Waals surface area contributed by atoms with Gasteiger partial charge in [0.1, 0.15) is 30.3 Å². The van der Waals surface area contributed by atoms with Crippen LogP contribution in [0.25, 0.3) is 10.9 Å². The molecule has 8 nitrogen and oxygen atoms in total. The molecule has 3 aromatic carbocycles. The highest BCUT2D eigenvalue weighted by atomic mass is 16.5. The lowest BCUT2D eigenvalue weighted by molar-refractivity contribution is -0.133. The summed E-state index contributed by atoms with van der Waals surface area (Å²) in [5.74, 6) is 2.01. The van der Waals surface area contributed by atoms with Crippen molar-refractivity contribution in [2.45, 2.75) is 6.92 Å².